The largest absolute Gasteiger partial charge is 0.349 e. The molecule has 0 atom stereocenters. The Balaban J connectivity index is 2.03. The van der Waals surface area contributed by atoms with Crippen molar-refractivity contribution in [3.8, 4) is 0 Å². The molecule has 3 heteroatoms. The van der Waals surface area contributed by atoms with E-state index in [9.17, 15) is 0 Å². The van der Waals surface area contributed by atoms with E-state index < -0.39 is 0 Å². The highest BCUT2D eigenvalue weighted by molar-refractivity contribution is 7.98. The number of aromatic nitrogens is 1. The van der Waals surface area contributed by atoms with E-state index in [4.69, 9.17) is 4.52 Å². The van der Waals surface area contributed by atoms with Gasteiger partial charge in [-0.05, 0) is 24.3 Å². The molecular formula is C11H11NOS. The van der Waals surface area contributed by atoms with Gasteiger partial charge in [-0.1, -0.05) is 41.2 Å². The Morgan fingerprint density at radius 1 is 1.50 bits per heavy atom. The Kier molecular flexibility index (Phi) is 2.89. The van der Waals surface area contributed by atoms with E-state index in [1.807, 2.05) is 18.4 Å². The average Bonchev–Trinajstić information content (AvgIpc) is 2.86. The summed E-state index contributed by atoms with van der Waals surface area (Å²) in [6.45, 7) is 0. The maximum absolute atomic E-state index is 5.06. The number of hydrogen-bond acceptors (Lipinski definition) is 3. The number of allylic oxidation sites excluding steroid dienone is 5. The molecule has 14 heavy (non-hydrogen) atoms. The lowest BCUT2D eigenvalue weighted by Crippen LogP contribution is -1.71. The van der Waals surface area contributed by atoms with Gasteiger partial charge in [0, 0.05) is 6.07 Å². The molecule has 1 aromatic rings. The number of thioether (sulfide) groups is 1. The van der Waals surface area contributed by atoms with E-state index >= 15 is 0 Å². The van der Waals surface area contributed by atoms with Gasteiger partial charge in [0.05, 0.1) is 0 Å². The van der Waals surface area contributed by atoms with E-state index in [2.05, 4.69) is 29.5 Å². The molecular weight excluding hydrogens is 194 g/mol. The fourth-order valence-electron chi connectivity index (χ4n) is 1.23. The summed E-state index contributed by atoms with van der Waals surface area (Å²) in [6, 6.07) is 1.93. The maximum atomic E-state index is 5.06. The van der Waals surface area contributed by atoms with Crippen molar-refractivity contribution < 1.29 is 4.52 Å². The molecule has 1 heterocycles. The third-order valence-corrected chi connectivity index (χ3v) is 2.57. The zero-order valence-electron chi connectivity index (χ0n) is 7.93. The van der Waals surface area contributed by atoms with Crippen molar-refractivity contribution in [1.29, 1.82) is 0 Å². The molecule has 0 aliphatic heterocycles. The fraction of sp³-hybridized carbons (Fsp3) is 0.182. The zero-order chi connectivity index (χ0) is 9.80. The molecule has 1 aliphatic carbocycles. The Bertz CT molecular complexity index is 401. The fourth-order valence-corrected chi connectivity index (χ4v) is 1.58. The standard InChI is InChI=1S/C11H11NOS/c1-14-11-8-10(12-13-11)7-6-9-4-2-3-5-9/h2-4,6-8H,5H2,1H3/b7-6+. The van der Waals surface area contributed by atoms with Gasteiger partial charge in [0.15, 0.2) is 5.09 Å². The Labute approximate surface area is 87.4 Å². The summed E-state index contributed by atoms with van der Waals surface area (Å²) >= 11 is 1.56. The molecule has 0 saturated carbocycles. The molecule has 0 saturated heterocycles. The Morgan fingerprint density at radius 2 is 2.43 bits per heavy atom. The highest BCUT2D eigenvalue weighted by Gasteiger charge is 1.99. The second-order valence-electron chi connectivity index (χ2n) is 2.98. The monoisotopic (exact) mass is 205 g/mol. The number of rotatable bonds is 3. The second-order valence-corrected chi connectivity index (χ2v) is 3.79. The van der Waals surface area contributed by atoms with Crippen LogP contribution in [0.3, 0.4) is 0 Å². The predicted molar refractivity (Wildman–Crippen MR) is 59.2 cm³/mol. The smallest absolute Gasteiger partial charge is 0.193 e. The average molecular weight is 205 g/mol. The minimum Gasteiger partial charge on any atom is -0.349 e. The van der Waals surface area contributed by atoms with Gasteiger partial charge in [-0.25, -0.2) is 0 Å². The molecule has 0 aromatic carbocycles. The van der Waals surface area contributed by atoms with Crippen molar-refractivity contribution in [2.75, 3.05) is 6.26 Å². The van der Waals surface area contributed by atoms with E-state index in [-0.39, 0.29) is 0 Å². The Hall–Kier alpha value is -1.22. The van der Waals surface area contributed by atoms with Crippen molar-refractivity contribution in [3.63, 3.8) is 0 Å². The summed E-state index contributed by atoms with van der Waals surface area (Å²) in [6.07, 6.45) is 13.3. The van der Waals surface area contributed by atoms with Crippen molar-refractivity contribution in [2.45, 2.75) is 11.5 Å². The van der Waals surface area contributed by atoms with Gasteiger partial charge < -0.3 is 4.52 Å². The lowest BCUT2D eigenvalue weighted by molar-refractivity contribution is 0.349. The first-order chi connectivity index (χ1) is 6.88. The van der Waals surface area contributed by atoms with Crippen LogP contribution in [0.2, 0.25) is 0 Å². The van der Waals surface area contributed by atoms with Crippen LogP contribution in [0.25, 0.3) is 6.08 Å². The molecule has 0 radical (unpaired) electrons. The van der Waals surface area contributed by atoms with Crippen molar-refractivity contribution in [1.82, 2.24) is 5.16 Å². The first kappa shape index (κ1) is 9.34. The molecule has 1 aromatic heterocycles. The zero-order valence-corrected chi connectivity index (χ0v) is 8.75. The molecule has 0 spiro atoms. The topological polar surface area (TPSA) is 26.0 Å². The molecule has 2 rings (SSSR count). The van der Waals surface area contributed by atoms with Crippen LogP contribution in [-0.2, 0) is 0 Å². The normalized spacial score (nSPS) is 15.4. The number of hydrogen-bond donors (Lipinski definition) is 0. The first-order valence-corrected chi connectivity index (χ1v) is 5.65. The quantitative estimate of drug-likeness (QED) is 0.708. The lowest BCUT2D eigenvalue weighted by Gasteiger charge is -1.87. The molecule has 0 N–H and O–H groups in total. The molecule has 2 nitrogen and oxygen atoms in total. The second kappa shape index (κ2) is 4.33. The minimum atomic E-state index is 0.850. The summed E-state index contributed by atoms with van der Waals surface area (Å²) in [4.78, 5) is 0. The highest BCUT2D eigenvalue weighted by Crippen LogP contribution is 2.18. The van der Waals surface area contributed by atoms with E-state index in [0.29, 0.717) is 0 Å². The Morgan fingerprint density at radius 3 is 3.07 bits per heavy atom. The van der Waals surface area contributed by atoms with Crippen LogP contribution < -0.4 is 0 Å². The van der Waals surface area contributed by atoms with Crippen LogP contribution in [0.4, 0.5) is 0 Å². The van der Waals surface area contributed by atoms with Crippen molar-refractivity contribution in [2.24, 2.45) is 0 Å². The maximum Gasteiger partial charge on any atom is 0.193 e. The lowest BCUT2D eigenvalue weighted by atomic mass is 10.2. The molecule has 0 fully saturated rings. The van der Waals surface area contributed by atoms with Gasteiger partial charge >= 0.3 is 0 Å². The van der Waals surface area contributed by atoms with Crippen LogP contribution in [0.5, 0.6) is 0 Å². The summed E-state index contributed by atoms with van der Waals surface area (Å²) in [7, 11) is 0. The first-order valence-electron chi connectivity index (χ1n) is 4.43. The van der Waals surface area contributed by atoms with Gasteiger partial charge in [0.25, 0.3) is 0 Å². The van der Waals surface area contributed by atoms with Gasteiger partial charge in [0.2, 0.25) is 0 Å². The van der Waals surface area contributed by atoms with Crippen LogP contribution in [0, 0.1) is 0 Å². The van der Waals surface area contributed by atoms with Crippen molar-refractivity contribution >= 4 is 17.8 Å². The molecule has 72 valence electrons. The predicted octanol–water partition coefficient (Wildman–Crippen LogP) is 3.30. The summed E-state index contributed by atoms with van der Waals surface area (Å²) < 4.78 is 5.06. The van der Waals surface area contributed by atoms with Gasteiger partial charge in [-0.2, -0.15) is 0 Å². The third kappa shape index (κ3) is 2.17. The third-order valence-electron chi connectivity index (χ3n) is 1.98. The van der Waals surface area contributed by atoms with Gasteiger partial charge in [-0.3, -0.25) is 0 Å². The van der Waals surface area contributed by atoms with Crippen LogP contribution >= 0.6 is 11.8 Å². The van der Waals surface area contributed by atoms with Gasteiger partial charge in [0.1, 0.15) is 5.69 Å². The van der Waals surface area contributed by atoms with Gasteiger partial charge in [-0.15, -0.1) is 0 Å². The SMILES string of the molecule is CSc1cc(/C=C/C2=CC=CC2)no1. The van der Waals surface area contributed by atoms with Crippen LogP contribution in [-0.4, -0.2) is 11.4 Å². The van der Waals surface area contributed by atoms with E-state index in [1.165, 1.54) is 5.57 Å². The molecule has 0 amide bonds. The molecule has 0 bridgehead atoms. The summed E-state index contributed by atoms with van der Waals surface area (Å²) in [5, 5.41) is 4.77. The van der Waals surface area contributed by atoms with Crippen molar-refractivity contribution in [3.05, 3.63) is 41.6 Å². The summed E-state index contributed by atoms with van der Waals surface area (Å²) in [5.41, 5.74) is 2.18. The van der Waals surface area contributed by atoms with E-state index in [1.54, 1.807) is 11.8 Å². The minimum absolute atomic E-state index is 0.850. The molecule has 1 aliphatic rings. The van der Waals surface area contributed by atoms with Crippen LogP contribution in [0.1, 0.15) is 12.1 Å². The highest BCUT2D eigenvalue weighted by atomic mass is 32.2. The summed E-state index contributed by atoms with van der Waals surface area (Å²) in [5.74, 6) is 0. The molecule has 0 unspecified atom stereocenters. The van der Waals surface area contributed by atoms with Crippen LogP contribution in [0.15, 0.2) is 45.6 Å². The number of nitrogens with zero attached hydrogens (tertiary/aromatic N) is 1. The van der Waals surface area contributed by atoms with E-state index in [0.717, 1.165) is 17.2 Å².